The summed E-state index contributed by atoms with van der Waals surface area (Å²) >= 11 is 1.71. The maximum absolute atomic E-state index is 4.63. The number of nitrogens with one attached hydrogen (secondary N) is 2. The summed E-state index contributed by atoms with van der Waals surface area (Å²) in [7, 11) is 2.17. The first-order valence-electron chi connectivity index (χ1n) is 8.53. The van der Waals surface area contributed by atoms with E-state index in [1.807, 2.05) is 0 Å². The van der Waals surface area contributed by atoms with Crippen LogP contribution in [0.3, 0.4) is 0 Å². The van der Waals surface area contributed by atoms with Crippen molar-refractivity contribution in [1.29, 1.82) is 0 Å². The lowest BCUT2D eigenvalue weighted by Crippen LogP contribution is -2.38. The third-order valence-electron chi connectivity index (χ3n) is 3.65. The molecule has 0 aliphatic heterocycles. The molecule has 5 heteroatoms. The van der Waals surface area contributed by atoms with Gasteiger partial charge in [-0.15, -0.1) is 0 Å². The minimum Gasteiger partial charge on any atom is -0.357 e. The van der Waals surface area contributed by atoms with Gasteiger partial charge >= 0.3 is 0 Å². The molecule has 0 saturated heterocycles. The summed E-state index contributed by atoms with van der Waals surface area (Å²) in [5, 5.41) is 11.0. The zero-order chi connectivity index (χ0) is 17.0. The summed E-state index contributed by atoms with van der Waals surface area (Å²) < 4.78 is 0. The fraction of sp³-hybridized carbons (Fsp3) is 0.421. The Morgan fingerprint density at radius 3 is 2.67 bits per heavy atom. The van der Waals surface area contributed by atoms with Gasteiger partial charge in [0.2, 0.25) is 0 Å². The van der Waals surface area contributed by atoms with Crippen LogP contribution in [0.15, 0.2) is 52.2 Å². The Labute approximate surface area is 149 Å². The third-order valence-corrected chi connectivity index (χ3v) is 4.38. The van der Waals surface area contributed by atoms with Gasteiger partial charge in [-0.1, -0.05) is 30.3 Å². The van der Waals surface area contributed by atoms with E-state index in [0.29, 0.717) is 0 Å². The van der Waals surface area contributed by atoms with Gasteiger partial charge in [-0.3, -0.25) is 0 Å². The molecule has 2 aromatic rings. The number of thiophene rings is 1. The average Bonchev–Trinajstić information content (AvgIpc) is 3.11. The predicted molar refractivity (Wildman–Crippen MR) is 105 cm³/mol. The van der Waals surface area contributed by atoms with E-state index < -0.39 is 0 Å². The Balaban J connectivity index is 1.67. The second kappa shape index (κ2) is 10.8. The number of hydrogen-bond acceptors (Lipinski definition) is 3. The fourth-order valence-electron chi connectivity index (χ4n) is 2.42. The maximum Gasteiger partial charge on any atom is 0.191 e. The number of rotatable bonds is 9. The average molecular weight is 345 g/mol. The fourth-order valence-corrected chi connectivity index (χ4v) is 3.08. The highest BCUT2D eigenvalue weighted by atomic mass is 32.1. The topological polar surface area (TPSA) is 39.7 Å². The van der Waals surface area contributed by atoms with E-state index in [9.17, 15) is 0 Å². The van der Waals surface area contributed by atoms with Gasteiger partial charge in [0.1, 0.15) is 0 Å². The number of guanidine groups is 1. The molecule has 2 rings (SSSR count). The second-order valence-electron chi connectivity index (χ2n) is 5.83. The van der Waals surface area contributed by atoms with E-state index in [2.05, 4.69) is 81.7 Å². The number of benzene rings is 1. The first-order valence-corrected chi connectivity index (χ1v) is 9.48. The molecule has 0 atom stereocenters. The molecular formula is C19H28N4S. The lowest BCUT2D eigenvalue weighted by molar-refractivity contribution is 0.322. The molecule has 0 aliphatic rings. The quantitative estimate of drug-likeness (QED) is 0.416. The van der Waals surface area contributed by atoms with Crippen LogP contribution in [0.4, 0.5) is 0 Å². The van der Waals surface area contributed by atoms with Gasteiger partial charge in [-0.25, -0.2) is 4.99 Å². The lowest BCUT2D eigenvalue weighted by Gasteiger charge is -2.17. The summed E-state index contributed by atoms with van der Waals surface area (Å²) in [4.78, 5) is 6.98. The SMILES string of the molecule is CCNC(=NCc1ccsc1)NCCCN(C)Cc1ccccc1. The van der Waals surface area contributed by atoms with Crippen LogP contribution in [0.5, 0.6) is 0 Å². The molecule has 1 aromatic carbocycles. The van der Waals surface area contributed by atoms with E-state index in [0.717, 1.165) is 45.1 Å². The van der Waals surface area contributed by atoms with Crippen molar-refractivity contribution in [2.45, 2.75) is 26.4 Å². The van der Waals surface area contributed by atoms with E-state index in [1.165, 1.54) is 11.1 Å². The number of hydrogen-bond donors (Lipinski definition) is 2. The standard InChI is InChI=1S/C19H28N4S/c1-3-20-19(22-14-18-10-13-24-16-18)21-11-7-12-23(2)15-17-8-5-4-6-9-17/h4-6,8-10,13,16H,3,7,11-12,14-15H2,1-2H3,(H2,20,21,22). The van der Waals surface area contributed by atoms with Crippen LogP contribution in [0.1, 0.15) is 24.5 Å². The van der Waals surface area contributed by atoms with Crippen molar-refractivity contribution in [2.75, 3.05) is 26.7 Å². The molecular weight excluding hydrogens is 316 g/mol. The normalized spacial score (nSPS) is 11.7. The monoisotopic (exact) mass is 344 g/mol. The Bertz CT molecular complexity index is 581. The Hall–Kier alpha value is -1.85. The minimum atomic E-state index is 0.729. The van der Waals surface area contributed by atoms with Crippen molar-refractivity contribution in [3.8, 4) is 0 Å². The van der Waals surface area contributed by atoms with Crippen LogP contribution in [0.25, 0.3) is 0 Å². The number of nitrogens with zero attached hydrogens (tertiary/aromatic N) is 2. The molecule has 0 aliphatic carbocycles. The molecule has 2 N–H and O–H groups in total. The highest BCUT2D eigenvalue weighted by molar-refractivity contribution is 7.07. The molecule has 4 nitrogen and oxygen atoms in total. The van der Waals surface area contributed by atoms with Crippen molar-refractivity contribution in [1.82, 2.24) is 15.5 Å². The van der Waals surface area contributed by atoms with E-state index in [-0.39, 0.29) is 0 Å². The van der Waals surface area contributed by atoms with Crippen LogP contribution in [0, 0.1) is 0 Å². The van der Waals surface area contributed by atoms with E-state index >= 15 is 0 Å². The summed E-state index contributed by atoms with van der Waals surface area (Å²) in [6.07, 6.45) is 1.09. The highest BCUT2D eigenvalue weighted by Crippen LogP contribution is 2.06. The molecule has 0 radical (unpaired) electrons. The molecule has 1 heterocycles. The Kier molecular flexibility index (Phi) is 8.35. The molecule has 130 valence electrons. The summed E-state index contributed by atoms with van der Waals surface area (Å²) in [6.45, 7) is 6.68. The first kappa shape index (κ1) is 18.5. The van der Waals surface area contributed by atoms with Crippen LogP contribution in [-0.4, -0.2) is 37.5 Å². The summed E-state index contributed by atoms with van der Waals surface area (Å²) in [5.74, 6) is 0.898. The van der Waals surface area contributed by atoms with Gasteiger partial charge < -0.3 is 15.5 Å². The number of aliphatic imine (C=N–C) groups is 1. The summed E-state index contributed by atoms with van der Waals surface area (Å²) in [6, 6.07) is 12.7. The summed E-state index contributed by atoms with van der Waals surface area (Å²) in [5.41, 5.74) is 2.62. The predicted octanol–water partition coefficient (Wildman–Crippen LogP) is 3.33. The van der Waals surface area contributed by atoms with Gasteiger partial charge in [-0.2, -0.15) is 11.3 Å². The van der Waals surface area contributed by atoms with Crippen molar-refractivity contribution in [2.24, 2.45) is 4.99 Å². The van der Waals surface area contributed by atoms with Crippen LogP contribution in [-0.2, 0) is 13.1 Å². The molecule has 1 aromatic heterocycles. The minimum absolute atomic E-state index is 0.729. The molecule has 24 heavy (non-hydrogen) atoms. The largest absolute Gasteiger partial charge is 0.357 e. The molecule has 0 spiro atoms. The van der Waals surface area contributed by atoms with Crippen LogP contribution >= 0.6 is 11.3 Å². The zero-order valence-electron chi connectivity index (χ0n) is 14.7. The van der Waals surface area contributed by atoms with Crippen molar-refractivity contribution in [3.05, 3.63) is 58.3 Å². The lowest BCUT2D eigenvalue weighted by atomic mass is 10.2. The Morgan fingerprint density at radius 1 is 1.12 bits per heavy atom. The van der Waals surface area contributed by atoms with Crippen LogP contribution < -0.4 is 10.6 Å². The van der Waals surface area contributed by atoms with Gasteiger partial charge in [0, 0.05) is 19.6 Å². The molecule has 0 unspecified atom stereocenters. The zero-order valence-corrected chi connectivity index (χ0v) is 15.5. The molecule has 0 fully saturated rings. The highest BCUT2D eigenvalue weighted by Gasteiger charge is 2.01. The molecule has 0 amide bonds. The van der Waals surface area contributed by atoms with Gasteiger partial charge in [0.25, 0.3) is 0 Å². The van der Waals surface area contributed by atoms with Crippen molar-refractivity contribution >= 4 is 17.3 Å². The van der Waals surface area contributed by atoms with Crippen LogP contribution in [0.2, 0.25) is 0 Å². The molecule has 0 bridgehead atoms. The van der Waals surface area contributed by atoms with E-state index in [1.54, 1.807) is 11.3 Å². The third kappa shape index (κ3) is 7.15. The van der Waals surface area contributed by atoms with Gasteiger partial charge in [0.05, 0.1) is 6.54 Å². The maximum atomic E-state index is 4.63. The molecule has 0 saturated carbocycles. The smallest absolute Gasteiger partial charge is 0.191 e. The van der Waals surface area contributed by atoms with Gasteiger partial charge in [0.15, 0.2) is 5.96 Å². The second-order valence-corrected chi connectivity index (χ2v) is 6.61. The van der Waals surface area contributed by atoms with Gasteiger partial charge in [-0.05, 0) is 54.9 Å². The van der Waals surface area contributed by atoms with Crippen molar-refractivity contribution < 1.29 is 0 Å². The van der Waals surface area contributed by atoms with Crippen molar-refractivity contribution in [3.63, 3.8) is 0 Å². The van der Waals surface area contributed by atoms with E-state index in [4.69, 9.17) is 0 Å². The first-order chi connectivity index (χ1) is 11.8. The Morgan fingerprint density at radius 2 is 1.96 bits per heavy atom.